The van der Waals surface area contributed by atoms with Crippen molar-refractivity contribution in [2.24, 2.45) is 0 Å². The van der Waals surface area contributed by atoms with Crippen molar-refractivity contribution in [3.05, 3.63) is 60.3 Å². The van der Waals surface area contributed by atoms with E-state index in [1.807, 2.05) is 34.9 Å². The first-order valence-corrected chi connectivity index (χ1v) is 7.52. The third-order valence-corrected chi connectivity index (χ3v) is 3.91. The number of rotatable bonds is 5. The average molecular weight is 315 g/mol. The summed E-state index contributed by atoms with van der Waals surface area (Å²) in [5, 5.41) is 8.81. The smallest absolute Gasteiger partial charge is 0.373 e. The van der Waals surface area contributed by atoms with Gasteiger partial charge in [0.05, 0.1) is 12.9 Å². The molecule has 0 saturated heterocycles. The van der Waals surface area contributed by atoms with Gasteiger partial charge < -0.3 is 9.15 Å². The quantitative estimate of drug-likeness (QED) is 0.532. The number of ether oxygens (including phenoxy) is 1. The lowest BCUT2D eigenvalue weighted by Crippen LogP contribution is -1.98. The maximum absolute atomic E-state index is 11.3. The van der Waals surface area contributed by atoms with Crippen LogP contribution in [0.15, 0.2) is 58.4 Å². The van der Waals surface area contributed by atoms with E-state index >= 15 is 0 Å². The van der Waals surface area contributed by atoms with E-state index in [1.165, 1.54) is 18.9 Å². The highest BCUT2D eigenvalue weighted by atomic mass is 32.2. The minimum atomic E-state index is -0.483. The Kier molecular flexibility index (Phi) is 4.24. The summed E-state index contributed by atoms with van der Waals surface area (Å²) in [6.45, 7) is 0. The minimum absolute atomic E-state index is 0.197. The summed E-state index contributed by atoms with van der Waals surface area (Å²) < 4.78 is 11.9. The topological polar surface area (TPSA) is 70.2 Å². The van der Waals surface area contributed by atoms with Crippen LogP contribution in [0.25, 0.3) is 5.69 Å². The van der Waals surface area contributed by atoms with Crippen LogP contribution in [-0.2, 0) is 10.5 Å². The van der Waals surface area contributed by atoms with E-state index in [-0.39, 0.29) is 5.76 Å². The number of methoxy groups -OCH3 is 1. The molecule has 2 heterocycles. The number of para-hydroxylation sites is 1. The Labute approximate surface area is 131 Å². The maximum Gasteiger partial charge on any atom is 0.373 e. The predicted molar refractivity (Wildman–Crippen MR) is 81.0 cm³/mol. The molecule has 0 N–H and O–H groups in total. The van der Waals surface area contributed by atoms with E-state index < -0.39 is 5.97 Å². The lowest BCUT2D eigenvalue weighted by atomic mass is 10.3. The highest BCUT2D eigenvalue weighted by molar-refractivity contribution is 7.98. The number of benzene rings is 1. The SMILES string of the molecule is COC(=O)c1ccc(CSc2nncn2-c2ccccc2)o1. The van der Waals surface area contributed by atoms with Gasteiger partial charge >= 0.3 is 5.97 Å². The number of carbonyl (C=O) groups excluding carboxylic acids is 1. The molecule has 22 heavy (non-hydrogen) atoms. The molecule has 3 aromatic rings. The van der Waals surface area contributed by atoms with Crippen molar-refractivity contribution in [1.29, 1.82) is 0 Å². The fourth-order valence-electron chi connectivity index (χ4n) is 1.89. The summed E-state index contributed by atoms with van der Waals surface area (Å²) in [6, 6.07) is 13.2. The van der Waals surface area contributed by atoms with Crippen LogP contribution in [0.3, 0.4) is 0 Å². The second kappa shape index (κ2) is 6.48. The molecule has 0 bridgehead atoms. The molecule has 0 aliphatic rings. The van der Waals surface area contributed by atoms with Gasteiger partial charge in [-0.3, -0.25) is 4.57 Å². The van der Waals surface area contributed by atoms with Crippen molar-refractivity contribution < 1.29 is 13.9 Å². The molecule has 0 aliphatic heterocycles. The van der Waals surface area contributed by atoms with Crippen molar-refractivity contribution in [2.45, 2.75) is 10.9 Å². The van der Waals surface area contributed by atoms with Gasteiger partial charge in [0.1, 0.15) is 12.1 Å². The molecule has 0 aliphatic carbocycles. The molecule has 0 radical (unpaired) electrons. The molecule has 0 spiro atoms. The number of carbonyl (C=O) groups is 1. The summed E-state index contributed by atoms with van der Waals surface area (Å²) in [4.78, 5) is 11.3. The highest BCUT2D eigenvalue weighted by Crippen LogP contribution is 2.24. The van der Waals surface area contributed by atoms with Crippen molar-refractivity contribution in [3.8, 4) is 5.69 Å². The molecule has 2 aromatic heterocycles. The molecule has 0 unspecified atom stereocenters. The average Bonchev–Trinajstić information content (AvgIpc) is 3.22. The van der Waals surface area contributed by atoms with Crippen LogP contribution in [0.5, 0.6) is 0 Å². The molecular weight excluding hydrogens is 302 g/mol. The first-order chi connectivity index (χ1) is 10.8. The second-order valence-electron chi connectivity index (χ2n) is 4.37. The van der Waals surface area contributed by atoms with Crippen molar-refractivity contribution in [2.75, 3.05) is 7.11 Å². The Morgan fingerprint density at radius 2 is 2.09 bits per heavy atom. The number of esters is 1. The molecule has 0 saturated carbocycles. The van der Waals surface area contributed by atoms with Gasteiger partial charge in [0, 0.05) is 5.69 Å². The summed E-state index contributed by atoms with van der Waals surface area (Å²) in [5.74, 6) is 0.932. The normalized spacial score (nSPS) is 10.6. The van der Waals surface area contributed by atoms with Crippen LogP contribution in [0.4, 0.5) is 0 Å². The number of aromatic nitrogens is 3. The lowest BCUT2D eigenvalue weighted by Gasteiger charge is -2.04. The zero-order valence-corrected chi connectivity index (χ0v) is 12.6. The first-order valence-electron chi connectivity index (χ1n) is 6.53. The Balaban J connectivity index is 1.71. The van der Waals surface area contributed by atoms with Gasteiger partial charge in [-0.05, 0) is 24.3 Å². The zero-order chi connectivity index (χ0) is 15.4. The number of hydrogen-bond acceptors (Lipinski definition) is 6. The fraction of sp³-hybridized carbons (Fsp3) is 0.133. The number of nitrogens with zero attached hydrogens (tertiary/aromatic N) is 3. The second-order valence-corrected chi connectivity index (χ2v) is 5.31. The van der Waals surface area contributed by atoms with Crippen molar-refractivity contribution in [1.82, 2.24) is 14.8 Å². The third-order valence-electron chi connectivity index (χ3n) is 2.94. The maximum atomic E-state index is 11.3. The van der Waals surface area contributed by atoms with Crippen LogP contribution >= 0.6 is 11.8 Å². The molecule has 6 nitrogen and oxygen atoms in total. The summed E-state index contributed by atoms with van der Waals surface area (Å²) >= 11 is 1.48. The van der Waals surface area contributed by atoms with Gasteiger partial charge in [0.25, 0.3) is 0 Å². The summed E-state index contributed by atoms with van der Waals surface area (Å²) in [6.07, 6.45) is 1.67. The molecule has 112 valence electrons. The summed E-state index contributed by atoms with van der Waals surface area (Å²) in [7, 11) is 1.32. The monoisotopic (exact) mass is 315 g/mol. The van der Waals surface area contributed by atoms with Gasteiger partial charge in [0.2, 0.25) is 5.76 Å². The summed E-state index contributed by atoms with van der Waals surface area (Å²) in [5.41, 5.74) is 0.990. The number of hydrogen-bond donors (Lipinski definition) is 0. The van der Waals surface area contributed by atoms with Gasteiger partial charge in [0.15, 0.2) is 5.16 Å². The Hall–Kier alpha value is -2.54. The fourth-order valence-corrected chi connectivity index (χ4v) is 2.71. The highest BCUT2D eigenvalue weighted by Gasteiger charge is 2.13. The molecular formula is C15H13N3O3S. The lowest BCUT2D eigenvalue weighted by molar-refractivity contribution is 0.0563. The van der Waals surface area contributed by atoms with Gasteiger partial charge in [-0.25, -0.2) is 4.79 Å². The van der Waals surface area contributed by atoms with E-state index in [2.05, 4.69) is 14.9 Å². The van der Waals surface area contributed by atoms with Crippen LogP contribution in [-0.4, -0.2) is 27.8 Å². The Morgan fingerprint density at radius 1 is 1.27 bits per heavy atom. The molecule has 1 aromatic carbocycles. The van der Waals surface area contributed by atoms with E-state index in [0.29, 0.717) is 11.5 Å². The van der Waals surface area contributed by atoms with Crippen molar-refractivity contribution >= 4 is 17.7 Å². The van der Waals surface area contributed by atoms with Crippen LogP contribution in [0.1, 0.15) is 16.3 Å². The minimum Gasteiger partial charge on any atom is -0.463 e. The number of thioether (sulfide) groups is 1. The van der Waals surface area contributed by atoms with Crippen LogP contribution in [0.2, 0.25) is 0 Å². The largest absolute Gasteiger partial charge is 0.463 e. The number of furan rings is 1. The zero-order valence-electron chi connectivity index (χ0n) is 11.8. The molecule has 0 atom stereocenters. The predicted octanol–water partition coefficient (Wildman–Crippen LogP) is 2.94. The van der Waals surface area contributed by atoms with Gasteiger partial charge in [-0.2, -0.15) is 0 Å². The molecule has 3 rings (SSSR count). The standard InChI is InChI=1S/C15H13N3O3S/c1-20-14(19)13-8-7-12(21-13)9-22-15-17-16-10-18(15)11-5-3-2-4-6-11/h2-8,10H,9H2,1H3. The van der Waals surface area contributed by atoms with Crippen LogP contribution in [0, 0.1) is 0 Å². The van der Waals surface area contributed by atoms with Gasteiger partial charge in [-0.15, -0.1) is 10.2 Å². The molecule has 0 fully saturated rings. The Morgan fingerprint density at radius 3 is 2.86 bits per heavy atom. The van der Waals surface area contributed by atoms with E-state index in [9.17, 15) is 4.79 Å². The van der Waals surface area contributed by atoms with E-state index in [0.717, 1.165) is 10.8 Å². The first kappa shape index (κ1) is 14.4. The van der Waals surface area contributed by atoms with E-state index in [4.69, 9.17) is 4.42 Å². The molecule has 7 heteroatoms. The third kappa shape index (κ3) is 3.04. The molecule has 0 amide bonds. The van der Waals surface area contributed by atoms with E-state index in [1.54, 1.807) is 18.5 Å². The Bertz CT molecular complexity index is 767. The van der Waals surface area contributed by atoms with Crippen LogP contribution < -0.4 is 0 Å². The van der Waals surface area contributed by atoms with Crippen molar-refractivity contribution in [3.63, 3.8) is 0 Å². The van der Waals surface area contributed by atoms with Gasteiger partial charge in [-0.1, -0.05) is 30.0 Å².